The summed E-state index contributed by atoms with van der Waals surface area (Å²) < 4.78 is 5.68. The van der Waals surface area contributed by atoms with E-state index in [4.69, 9.17) is 4.74 Å². The van der Waals surface area contributed by atoms with Crippen LogP contribution in [0.5, 0.6) is 0 Å². The maximum atomic E-state index is 11.3. The first-order chi connectivity index (χ1) is 6.83. The fourth-order valence-electron chi connectivity index (χ4n) is 3.24. The number of hydrogen-bond acceptors (Lipinski definition) is 2. The average molecular weight is 211 g/mol. The highest BCUT2D eigenvalue weighted by Crippen LogP contribution is 2.60. The molecule has 0 aromatic heterocycles. The number of fused-ring (bicyclic) bond motifs is 2. The molecule has 3 nitrogen and oxygen atoms in total. The molecule has 1 N–H and O–H groups in total. The second-order valence-electron chi connectivity index (χ2n) is 5.94. The normalized spacial score (nSPS) is 42.7. The molecule has 2 aliphatic rings. The van der Waals surface area contributed by atoms with Crippen LogP contribution < -0.4 is 5.32 Å². The number of ether oxygens (including phenoxy) is 1. The second-order valence-corrected chi connectivity index (χ2v) is 5.94. The molecule has 1 aliphatic carbocycles. The third kappa shape index (κ3) is 1.25. The summed E-state index contributed by atoms with van der Waals surface area (Å²) >= 11 is 0. The van der Waals surface area contributed by atoms with Crippen LogP contribution in [0.4, 0.5) is 0 Å². The van der Waals surface area contributed by atoms with E-state index < -0.39 is 0 Å². The zero-order valence-corrected chi connectivity index (χ0v) is 10.1. The molecule has 2 rings (SSSR count). The molecule has 3 heteroatoms. The van der Waals surface area contributed by atoms with E-state index in [1.54, 1.807) is 6.92 Å². The second kappa shape index (κ2) is 2.97. The van der Waals surface area contributed by atoms with Gasteiger partial charge in [-0.05, 0) is 23.7 Å². The van der Waals surface area contributed by atoms with Gasteiger partial charge in [0.1, 0.15) is 0 Å². The Balaban J connectivity index is 2.36. The number of carbonyl (C=O) groups excluding carboxylic acids is 1. The van der Waals surface area contributed by atoms with Crippen LogP contribution in [-0.2, 0) is 9.53 Å². The SMILES string of the molecule is CC(=O)NC12CCC(C)(COC1)C2(C)C. The van der Waals surface area contributed by atoms with Crippen molar-refractivity contribution >= 4 is 5.91 Å². The molecule has 1 saturated carbocycles. The average Bonchev–Trinajstić information content (AvgIpc) is 2.26. The lowest BCUT2D eigenvalue weighted by Crippen LogP contribution is -2.64. The van der Waals surface area contributed by atoms with E-state index in [-0.39, 0.29) is 22.3 Å². The van der Waals surface area contributed by atoms with Crippen LogP contribution in [0.3, 0.4) is 0 Å². The molecule has 86 valence electrons. The van der Waals surface area contributed by atoms with Gasteiger partial charge in [0.05, 0.1) is 18.8 Å². The van der Waals surface area contributed by atoms with Gasteiger partial charge < -0.3 is 10.1 Å². The Hall–Kier alpha value is -0.570. The Morgan fingerprint density at radius 1 is 1.20 bits per heavy atom. The number of amides is 1. The van der Waals surface area contributed by atoms with Crippen LogP contribution in [0.2, 0.25) is 0 Å². The minimum atomic E-state index is -0.147. The van der Waals surface area contributed by atoms with E-state index in [2.05, 4.69) is 26.1 Å². The van der Waals surface area contributed by atoms with Crippen LogP contribution in [0.15, 0.2) is 0 Å². The first-order valence-electron chi connectivity index (χ1n) is 5.70. The van der Waals surface area contributed by atoms with Gasteiger partial charge in [0, 0.05) is 6.92 Å². The van der Waals surface area contributed by atoms with Crippen molar-refractivity contribution in [1.29, 1.82) is 0 Å². The van der Waals surface area contributed by atoms with Crippen LogP contribution in [0.1, 0.15) is 40.5 Å². The lowest BCUT2D eigenvalue weighted by atomic mass is 9.61. The summed E-state index contributed by atoms with van der Waals surface area (Å²) in [5.74, 6) is 0.0535. The molecule has 2 fully saturated rings. The highest BCUT2D eigenvalue weighted by molar-refractivity contribution is 5.74. The monoisotopic (exact) mass is 211 g/mol. The van der Waals surface area contributed by atoms with Gasteiger partial charge in [0.25, 0.3) is 0 Å². The van der Waals surface area contributed by atoms with Gasteiger partial charge in [0.2, 0.25) is 5.91 Å². The number of carbonyl (C=O) groups is 1. The molecule has 0 aromatic rings. The number of hydrogen-bond donors (Lipinski definition) is 1. The van der Waals surface area contributed by atoms with Crippen LogP contribution >= 0.6 is 0 Å². The molecule has 0 aromatic carbocycles. The van der Waals surface area contributed by atoms with Gasteiger partial charge in [-0.25, -0.2) is 0 Å². The summed E-state index contributed by atoms with van der Waals surface area (Å²) in [4.78, 5) is 11.3. The van der Waals surface area contributed by atoms with Gasteiger partial charge in [0.15, 0.2) is 0 Å². The van der Waals surface area contributed by atoms with Gasteiger partial charge in [-0.15, -0.1) is 0 Å². The van der Waals surface area contributed by atoms with E-state index in [0.29, 0.717) is 6.61 Å². The van der Waals surface area contributed by atoms with Crippen LogP contribution in [0, 0.1) is 10.8 Å². The summed E-state index contributed by atoms with van der Waals surface area (Å²) in [5.41, 5.74) is 0.170. The molecular weight excluding hydrogens is 190 g/mol. The van der Waals surface area contributed by atoms with Crippen molar-refractivity contribution in [3.63, 3.8) is 0 Å². The fourth-order valence-corrected chi connectivity index (χ4v) is 3.24. The molecule has 2 unspecified atom stereocenters. The molecule has 0 radical (unpaired) electrons. The highest BCUT2D eigenvalue weighted by Gasteiger charge is 2.63. The van der Waals surface area contributed by atoms with Gasteiger partial charge in [-0.1, -0.05) is 20.8 Å². The molecule has 1 amide bonds. The first-order valence-corrected chi connectivity index (χ1v) is 5.70. The highest BCUT2D eigenvalue weighted by atomic mass is 16.5. The molecule has 15 heavy (non-hydrogen) atoms. The Kier molecular flexibility index (Phi) is 2.16. The van der Waals surface area contributed by atoms with E-state index in [9.17, 15) is 4.79 Å². The van der Waals surface area contributed by atoms with E-state index >= 15 is 0 Å². The van der Waals surface area contributed by atoms with Crippen molar-refractivity contribution in [2.24, 2.45) is 10.8 Å². The Morgan fingerprint density at radius 3 is 2.47 bits per heavy atom. The minimum absolute atomic E-state index is 0.0535. The zero-order valence-electron chi connectivity index (χ0n) is 10.1. The van der Waals surface area contributed by atoms with Crippen LogP contribution in [0.25, 0.3) is 0 Å². The quantitative estimate of drug-likeness (QED) is 0.717. The summed E-state index contributed by atoms with van der Waals surface area (Å²) in [6, 6.07) is 0. The third-order valence-electron chi connectivity index (χ3n) is 4.99. The molecule has 0 spiro atoms. The number of rotatable bonds is 1. The van der Waals surface area contributed by atoms with Crippen molar-refractivity contribution in [3.8, 4) is 0 Å². The summed E-state index contributed by atoms with van der Waals surface area (Å²) in [5, 5.41) is 3.14. The summed E-state index contributed by atoms with van der Waals surface area (Å²) in [6.07, 6.45) is 2.18. The zero-order chi connectivity index (χ0) is 11.3. The van der Waals surface area contributed by atoms with E-state index in [0.717, 1.165) is 19.4 Å². The maximum absolute atomic E-state index is 11.3. The van der Waals surface area contributed by atoms with Crippen molar-refractivity contribution in [1.82, 2.24) is 5.32 Å². The molecule has 1 saturated heterocycles. The summed E-state index contributed by atoms with van der Waals surface area (Å²) in [7, 11) is 0. The molecule has 2 bridgehead atoms. The largest absolute Gasteiger partial charge is 0.378 e. The van der Waals surface area contributed by atoms with Crippen molar-refractivity contribution < 1.29 is 9.53 Å². The van der Waals surface area contributed by atoms with Crippen molar-refractivity contribution in [3.05, 3.63) is 0 Å². The molecule has 2 atom stereocenters. The van der Waals surface area contributed by atoms with Crippen molar-refractivity contribution in [2.75, 3.05) is 13.2 Å². The van der Waals surface area contributed by atoms with E-state index in [1.165, 1.54) is 0 Å². The smallest absolute Gasteiger partial charge is 0.217 e. The standard InChI is InChI=1S/C12H21NO2/c1-9(14)13-12-6-5-11(4,7-15-8-12)10(12,2)3/h5-8H2,1-4H3,(H,13,14). The third-order valence-corrected chi connectivity index (χ3v) is 4.99. The molecule has 1 aliphatic heterocycles. The Morgan fingerprint density at radius 2 is 1.87 bits per heavy atom. The van der Waals surface area contributed by atoms with E-state index in [1.807, 2.05) is 0 Å². The van der Waals surface area contributed by atoms with Crippen LogP contribution in [-0.4, -0.2) is 24.7 Å². The lowest BCUT2D eigenvalue weighted by Gasteiger charge is -2.52. The molecule has 1 heterocycles. The topological polar surface area (TPSA) is 38.3 Å². The van der Waals surface area contributed by atoms with Gasteiger partial charge >= 0.3 is 0 Å². The lowest BCUT2D eigenvalue weighted by molar-refractivity contribution is -0.136. The predicted octanol–water partition coefficient (Wildman–Crippen LogP) is 1.72. The maximum Gasteiger partial charge on any atom is 0.217 e. The van der Waals surface area contributed by atoms with Gasteiger partial charge in [-0.3, -0.25) is 4.79 Å². The predicted molar refractivity (Wildman–Crippen MR) is 58.5 cm³/mol. The first kappa shape index (κ1) is 10.9. The molecular formula is C12H21NO2. The Bertz CT molecular complexity index is 300. The number of nitrogens with one attached hydrogen (secondary N) is 1. The van der Waals surface area contributed by atoms with Crippen molar-refractivity contribution in [2.45, 2.75) is 46.1 Å². The van der Waals surface area contributed by atoms with Gasteiger partial charge in [-0.2, -0.15) is 0 Å². The fraction of sp³-hybridized carbons (Fsp3) is 0.917. The minimum Gasteiger partial charge on any atom is -0.378 e. The summed E-state index contributed by atoms with van der Waals surface area (Å²) in [6.45, 7) is 9.87. The Labute approximate surface area is 91.6 Å².